The summed E-state index contributed by atoms with van der Waals surface area (Å²) in [6.07, 6.45) is 0.727. The first kappa shape index (κ1) is 7.25. The van der Waals surface area contributed by atoms with E-state index in [4.69, 9.17) is 4.74 Å². The lowest BCUT2D eigenvalue weighted by Crippen LogP contribution is -2.46. The minimum absolute atomic E-state index is 0.0648. The Hall–Kier alpha value is -0.860. The Morgan fingerprint density at radius 1 is 1.80 bits per heavy atom. The Morgan fingerprint density at radius 3 is 2.60 bits per heavy atom. The molecule has 0 saturated carbocycles. The molecule has 1 rings (SSSR count). The van der Waals surface area contributed by atoms with Crippen molar-refractivity contribution in [2.75, 3.05) is 0 Å². The first-order valence-corrected chi connectivity index (χ1v) is 3.23. The van der Waals surface area contributed by atoms with Crippen LogP contribution in [0.3, 0.4) is 0 Å². The third-order valence-electron chi connectivity index (χ3n) is 1.50. The van der Waals surface area contributed by atoms with Crippen molar-refractivity contribution in [1.29, 1.82) is 0 Å². The van der Waals surface area contributed by atoms with Gasteiger partial charge < -0.3 is 4.74 Å². The molecular formula is C7H10O3. The number of carbonyl (C=O) groups excluding carboxylic acids is 2. The second-order valence-electron chi connectivity index (χ2n) is 2.98. The summed E-state index contributed by atoms with van der Waals surface area (Å²) in [5.74, 6) is -0.140. The molecule has 3 heteroatoms. The van der Waals surface area contributed by atoms with Gasteiger partial charge in [0.15, 0.2) is 0 Å². The Kier molecular flexibility index (Phi) is 1.50. The van der Waals surface area contributed by atoms with Crippen molar-refractivity contribution in [3.8, 4) is 0 Å². The molecule has 0 bridgehead atoms. The van der Waals surface area contributed by atoms with Gasteiger partial charge in [-0.15, -0.1) is 0 Å². The summed E-state index contributed by atoms with van der Waals surface area (Å²) in [5.41, 5.74) is -0.483. The van der Waals surface area contributed by atoms with Gasteiger partial charge in [-0.2, -0.15) is 0 Å². The first-order valence-electron chi connectivity index (χ1n) is 3.23. The van der Waals surface area contributed by atoms with Crippen molar-refractivity contribution in [2.24, 2.45) is 0 Å². The lowest BCUT2D eigenvalue weighted by molar-refractivity contribution is -0.188. The molecule has 3 nitrogen and oxygen atoms in total. The number of hydrogen-bond acceptors (Lipinski definition) is 3. The zero-order chi connectivity index (χ0) is 7.78. The van der Waals surface area contributed by atoms with Crippen LogP contribution in [0.1, 0.15) is 26.7 Å². The highest BCUT2D eigenvalue weighted by atomic mass is 16.6. The average molecular weight is 142 g/mol. The summed E-state index contributed by atoms with van der Waals surface area (Å²) in [5, 5.41) is 0. The van der Waals surface area contributed by atoms with Crippen LogP contribution in [-0.2, 0) is 14.3 Å². The van der Waals surface area contributed by atoms with Gasteiger partial charge in [0, 0.05) is 6.42 Å². The van der Waals surface area contributed by atoms with Gasteiger partial charge in [0.1, 0.15) is 11.4 Å². The largest absolute Gasteiger partial charge is 0.458 e. The van der Waals surface area contributed by atoms with E-state index in [1.165, 1.54) is 6.92 Å². The van der Waals surface area contributed by atoms with Crippen LogP contribution in [0.25, 0.3) is 0 Å². The molecular weight excluding hydrogens is 132 g/mol. The monoisotopic (exact) mass is 142 g/mol. The Balaban J connectivity index is 2.41. The van der Waals surface area contributed by atoms with Gasteiger partial charge in [0.25, 0.3) is 0 Å². The number of esters is 1. The van der Waals surface area contributed by atoms with E-state index >= 15 is 0 Å². The highest BCUT2D eigenvalue weighted by Crippen LogP contribution is 2.30. The standard InChI is InChI=1S/C7H10O3/c1-5(8)3-7(2)4-6(9)10-7/h3-4H2,1-2H3. The molecule has 0 radical (unpaired) electrons. The Labute approximate surface area is 59.4 Å². The molecule has 0 amide bonds. The predicted molar refractivity (Wildman–Crippen MR) is 34.4 cm³/mol. The van der Waals surface area contributed by atoms with Crippen LogP contribution in [0.2, 0.25) is 0 Å². The number of Topliss-reactive ketones (excluding diaryl/α,β-unsaturated/α-hetero) is 1. The van der Waals surface area contributed by atoms with Crippen LogP contribution >= 0.6 is 0 Å². The van der Waals surface area contributed by atoms with Crippen molar-refractivity contribution in [3.05, 3.63) is 0 Å². The maximum atomic E-state index is 10.6. The van der Waals surface area contributed by atoms with Crippen molar-refractivity contribution < 1.29 is 14.3 Å². The summed E-state index contributed by atoms with van der Waals surface area (Å²) < 4.78 is 4.78. The summed E-state index contributed by atoms with van der Waals surface area (Å²) in [6, 6.07) is 0. The molecule has 0 spiro atoms. The molecule has 0 aliphatic carbocycles. The quantitative estimate of drug-likeness (QED) is 0.532. The normalized spacial score (nSPS) is 30.8. The molecule has 1 atom stereocenters. The smallest absolute Gasteiger partial charge is 0.310 e. The SMILES string of the molecule is CC(=O)CC1(C)CC(=O)O1. The summed E-state index contributed by atoms with van der Waals surface area (Å²) in [4.78, 5) is 20.9. The minimum Gasteiger partial charge on any atom is -0.458 e. The van der Waals surface area contributed by atoms with Crippen molar-refractivity contribution in [2.45, 2.75) is 32.3 Å². The van der Waals surface area contributed by atoms with E-state index < -0.39 is 5.60 Å². The molecule has 1 aliphatic rings. The Morgan fingerprint density at radius 2 is 2.30 bits per heavy atom. The highest BCUT2D eigenvalue weighted by Gasteiger charge is 2.42. The van der Waals surface area contributed by atoms with Crippen LogP contribution in [0.15, 0.2) is 0 Å². The van der Waals surface area contributed by atoms with Crippen LogP contribution in [0.5, 0.6) is 0 Å². The lowest BCUT2D eigenvalue weighted by atomic mass is 9.91. The van der Waals surface area contributed by atoms with E-state index in [1.54, 1.807) is 6.92 Å². The van der Waals surface area contributed by atoms with Gasteiger partial charge in [-0.25, -0.2) is 0 Å². The van der Waals surface area contributed by atoms with Crippen LogP contribution in [0.4, 0.5) is 0 Å². The molecule has 1 unspecified atom stereocenters. The molecule has 0 N–H and O–H groups in total. The molecule has 56 valence electrons. The average Bonchev–Trinajstić information content (AvgIpc) is 1.57. The highest BCUT2D eigenvalue weighted by molar-refractivity contribution is 5.82. The number of rotatable bonds is 2. The van der Waals surface area contributed by atoms with E-state index in [-0.39, 0.29) is 11.8 Å². The number of carbonyl (C=O) groups is 2. The maximum Gasteiger partial charge on any atom is 0.310 e. The second-order valence-corrected chi connectivity index (χ2v) is 2.98. The fourth-order valence-corrected chi connectivity index (χ4v) is 1.20. The lowest BCUT2D eigenvalue weighted by Gasteiger charge is -2.36. The number of ketones is 1. The number of hydrogen-bond donors (Lipinski definition) is 0. The molecule has 0 aromatic heterocycles. The zero-order valence-corrected chi connectivity index (χ0v) is 6.14. The van der Waals surface area contributed by atoms with Gasteiger partial charge in [-0.1, -0.05) is 0 Å². The van der Waals surface area contributed by atoms with E-state index in [9.17, 15) is 9.59 Å². The molecule has 1 fully saturated rings. The van der Waals surface area contributed by atoms with Gasteiger partial charge in [0.2, 0.25) is 0 Å². The molecule has 1 heterocycles. The van der Waals surface area contributed by atoms with Crippen molar-refractivity contribution in [1.82, 2.24) is 0 Å². The van der Waals surface area contributed by atoms with Crippen molar-refractivity contribution in [3.63, 3.8) is 0 Å². The van der Waals surface area contributed by atoms with Gasteiger partial charge >= 0.3 is 5.97 Å². The van der Waals surface area contributed by atoms with Crippen LogP contribution < -0.4 is 0 Å². The zero-order valence-electron chi connectivity index (χ0n) is 6.14. The van der Waals surface area contributed by atoms with E-state index in [0.717, 1.165) is 0 Å². The van der Waals surface area contributed by atoms with Crippen molar-refractivity contribution >= 4 is 11.8 Å². The molecule has 0 aromatic rings. The number of ether oxygens (including phenoxy) is 1. The maximum absolute atomic E-state index is 10.6. The molecule has 1 saturated heterocycles. The fourth-order valence-electron chi connectivity index (χ4n) is 1.20. The van der Waals surface area contributed by atoms with Crippen LogP contribution in [0, 0.1) is 0 Å². The fraction of sp³-hybridized carbons (Fsp3) is 0.714. The molecule has 10 heavy (non-hydrogen) atoms. The third-order valence-corrected chi connectivity index (χ3v) is 1.50. The van der Waals surface area contributed by atoms with Gasteiger partial charge in [0.05, 0.1) is 6.42 Å². The van der Waals surface area contributed by atoms with E-state index in [0.29, 0.717) is 12.8 Å². The van der Waals surface area contributed by atoms with E-state index in [1.807, 2.05) is 0 Å². The number of cyclic esters (lactones) is 1. The summed E-state index contributed by atoms with van der Waals surface area (Å²) in [6.45, 7) is 3.27. The first-order chi connectivity index (χ1) is 4.52. The molecule has 1 aliphatic heterocycles. The summed E-state index contributed by atoms with van der Waals surface area (Å²) >= 11 is 0. The second kappa shape index (κ2) is 2.08. The van der Waals surface area contributed by atoms with Crippen LogP contribution in [-0.4, -0.2) is 17.4 Å². The molecule has 0 aromatic carbocycles. The topological polar surface area (TPSA) is 43.4 Å². The van der Waals surface area contributed by atoms with E-state index in [2.05, 4.69) is 0 Å². The minimum atomic E-state index is -0.483. The summed E-state index contributed by atoms with van der Waals surface area (Å²) in [7, 11) is 0. The third kappa shape index (κ3) is 1.35. The predicted octanol–water partition coefficient (Wildman–Crippen LogP) is 0.671. The Bertz CT molecular complexity index is 175. The van der Waals surface area contributed by atoms with Gasteiger partial charge in [-0.05, 0) is 13.8 Å². The van der Waals surface area contributed by atoms with Gasteiger partial charge in [-0.3, -0.25) is 9.59 Å².